The Morgan fingerprint density at radius 2 is 2.13 bits per heavy atom. The van der Waals surface area contributed by atoms with Gasteiger partial charge in [-0.05, 0) is 30.6 Å². The Labute approximate surface area is 99.2 Å². The van der Waals surface area contributed by atoms with Crippen molar-refractivity contribution >= 4 is 34.1 Å². The van der Waals surface area contributed by atoms with Gasteiger partial charge in [0.1, 0.15) is 5.00 Å². The van der Waals surface area contributed by atoms with Crippen LogP contribution in [0.15, 0.2) is 4.90 Å². The third-order valence-corrected chi connectivity index (χ3v) is 4.95. The van der Waals surface area contributed by atoms with E-state index in [1.54, 1.807) is 11.8 Å². The monoisotopic (exact) mass is 243 g/mol. The molecule has 0 radical (unpaired) electrons. The minimum absolute atomic E-state index is 0.687. The van der Waals surface area contributed by atoms with Crippen LogP contribution in [0.25, 0.3) is 0 Å². The zero-order chi connectivity index (χ0) is 10.8. The van der Waals surface area contributed by atoms with E-state index in [1.807, 2.05) is 0 Å². The molecule has 84 valence electrons. The summed E-state index contributed by atoms with van der Waals surface area (Å²) < 4.78 is 4.24. The quantitative estimate of drug-likeness (QED) is 0.829. The topological polar surface area (TPSA) is 42.1 Å². The smallest absolute Gasteiger partial charge is 0.153 e. The van der Waals surface area contributed by atoms with Crippen LogP contribution >= 0.6 is 23.3 Å². The number of anilines is 2. The fraction of sp³-hybridized carbons (Fsp3) is 0.700. The lowest BCUT2D eigenvalue weighted by atomic mass is 10.2. The summed E-state index contributed by atoms with van der Waals surface area (Å²) in [6, 6.07) is 0.691. The lowest BCUT2D eigenvalue weighted by Crippen LogP contribution is -2.28. The molecule has 0 aliphatic heterocycles. The van der Waals surface area contributed by atoms with Gasteiger partial charge in [-0.15, -0.1) is 11.8 Å². The van der Waals surface area contributed by atoms with E-state index < -0.39 is 0 Å². The van der Waals surface area contributed by atoms with Gasteiger partial charge in [0.25, 0.3) is 0 Å². The van der Waals surface area contributed by atoms with Crippen molar-refractivity contribution in [2.75, 3.05) is 23.9 Å². The van der Waals surface area contributed by atoms with Crippen molar-refractivity contribution in [2.24, 2.45) is 0 Å². The van der Waals surface area contributed by atoms with Gasteiger partial charge in [0.2, 0.25) is 0 Å². The molecule has 5 heteroatoms. The van der Waals surface area contributed by atoms with Crippen LogP contribution in [0.5, 0.6) is 0 Å². The fourth-order valence-electron chi connectivity index (χ4n) is 2.16. The SMILES string of the molecule is CSc1c(N)nsc1N(C)C1CCCC1. The number of nitrogens with two attached hydrogens (primary N) is 1. The summed E-state index contributed by atoms with van der Waals surface area (Å²) in [5.74, 6) is 0.687. The number of thioether (sulfide) groups is 1. The highest BCUT2D eigenvalue weighted by Crippen LogP contribution is 2.39. The number of hydrogen-bond donors (Lipinski definition) is 1. The Morgan fingerprint density at radius 1 is 1.47 bits per heavy atom. The molecule has 3 nitrogen and oxygen atoms in total. The predicted molar refractivity (Wildman–Crippen MR) is 69.0 cm³/mol. The Morgan fingerprint density at radius 3 is 2.73 bits per heavy atom. The van der Waals surface area contributed by atoms with Gasteiger partial charge in [-0.2, -0.15) is 4.37 Å². The highest BCUT2D eigenvalue weighted by atomic mass is 32.2. The summed E-state index contributed by atoms with van der Waals surface area (Å²) >= 11 is 3.22. The van der Waals surface area contributed by atoms with Crippen LogP contribution in [0.2, 0.25) is 0 Å². The highest BCUT2D eigenvalue weighted by Gasteiger charge is 2.24. The minimum atomic E-state index is 0.687. The summed E-state index contributed by atoms with van der Waals surface area (Å²) in [5.41, 5.74) is 5.84. The van der Waals surface area contributed by atoms with E-state index in [0.29, 0.717) is 11.9 Å². The number of nitrogen functional groups attached to an aromatic ring is 1. The summed E-state index contributed by atoms with van der Waals surface area (Å²) in [6.07, 6.45) is 7.39. The van der Waals surface area contributed by atoms with Crippen LogP contribution in [0.3, 0.4) is 0 Å². The second-order valence-electron chi connectivity index (χ2n) is 3.96. The van der Waals surface area contributed by atoms with Crippen LogP contribution in [0, 0.1) is 0 Å². The van der Waals surface area contributed by atoms with Gasteiger partial charge in [0.15, 0.2) is 5.82 Å². The molecule has 15 heavy (non-hydrogen) atoms. The second-order valence-corrected chi connectivity index (χ2v) is 5.52. The maximum atomic E-state index is 5.84. The average molecular weight is 243 g/mol. The maximum absolute atomic E-state index is 5.84. The third-order valence-electron chi connectivity index (χ3n) is 3.05. The zero-order valence-corrected chi connectivity index (χ0v) is 10.8. The first-order valence-corrected chi connectivity index (χ1v) is 7.26. The second kappa shape index (κ2) is 4.61. The van der Waals surface area contributed by atoms with Crippen LogP contribution < -0.4 is 10.6 Å². The number of nitrogens with zero attached hydrogens (tertiary/aromatic N) is 2. The van der Waals surface area contributed by atoms with Gasteiger partial charge in [-0.1, -0.05) is 12.8 Å². The van der Waals surface area contributed by atoms with Crippen molar-refractivity contribution in [3.05, 3.63) is 0 Å². The molecule has 1 fully saturated rings. The van der Waals surface area contributed by atoms with E-state index in [0.717, 1.165) is 4.90 Å². The maximum Gasteiger partial charge on any atom is 0.153 e. The number of rotatable bonds is 3. The first kappa shape index (κ1) is 11.1. The molecule has 1 aliphatic carbocycles. The van der Waals surface area contributed by atoms with E-state index in [2.05, 4.69) is 22.6 Å². The van der Waals surface area contributed by atoms with Gasteiger partial charge >= 0.3 is 0 Å². The summed E-state index contributed by atoms with van der Waals surface area (Å²) in [4.78, 5) is 3.52. The Bertz CT molecular complexity index is 331. The lowest BCUT2D eigenvalue weighted by molar-refractivity contribution is 0.654. The van der Waals surface area contributed by atoms with Crippen LogP contribution in [-0.4, -0.2) is 23.7 Å². The molecule has 1 heterocycles. The molecule has 0 atom stereocenters. The predicted octanol–water partition coefficient (Wildman–Crippen LogP) is 2.83. The number of hydrogen-bond acceptors (Lipinski definition) is 5. The molecule has 1 aliphatic rings. The Hall–Kier alpha value is -0.420. The van der Waals surface area contributed by atoms with Crippen molar-refractivity contribution in [3.63, 3.8) is 0 Å². The molecule has 1 saturated carbocycles. The summed E-state index contributed by atoms with van der Waals surface area (Å²) in [7, 11) is 2.17. The lowest BCUT2D eigenvalue weighted by Gasteiger charge is -2.25. The molecule has 0 unspecified atom stereocenters. The molecular formula is C10H17N3S2. The molecule has 0 bridgehead atoms. The standard InChI is InChI=1S/C10H17N3S2/c1-13(7-5-3-4-6-7)10-8(14-2)9(11)12-15-10/h7H,3-6H2,1-2H3,(H2,11,12). The third kappa shape index (κ3) is 2.08. The zero-order valence-electron chi connectivity index (χ0n) is 9.19. The van der Waals surface area contributed by atoms with Gasteiger partial charge < -0.3 is 10.6 Å². The Balaban J connectivity index is 2.20. The largest absolute Gasteiger partial charge is 0.382 e. The van der Waals surface area contributed by atoms with Gasteiger partial charge in [-0.3, -0.25) is 0 Å². The highest BCUT2D eigenvalue weighted by molar-refractivity contribution is 7.99. The first-order valence-electron chi connectivity index (χ1n) is 5.26. The molecule has 0 spiro atoms. The van der Waals surface area contributed by atoms with Crippen LogP contribution in [-0.2, 0) is 0 Å². The molecular weight excluding hydrogens is 226 g/mol. The Kier molecular flexibility index (Phi) is 3.41. The van der Waals surface area contributed by atoms with E-state index in [-0.39, 0.29) is 0 Å². The average Bonchev–Trinajstić information content (AvgIpc) is 2.85. The van der Waals surface area contributed by atoms with Crippen LogP contribution in [0.1, 0.15) is 25.7 Å². The number of aromatic nitrogens is 1. The van der Waals surface area contributed by atoms with Crippen molar-refractivity contribution in [1.29, 1.82) is 0 Å². The summed E-state index contributed by atoms with van der Waals surface area (Å²) in [6.45, 7) is 0. The van der Waals surface area contributed by atoms with Gasteiger partial charge in [0.05, 0.1) is 4.90 Å². The first-order chi connectivity index (χ1) is 7.24. The van der Waals surface area contributed by atoms with Crippen molar-refractivity contribution in [1.82, 2.24) is 4.37 Å². The molecule has 1 aromatic rings. The molecule has 1 aromatic heterocycles. The normalized spacial score (nSPS) is 17.2. The van der Waals surface area contributed by atoms with Crippen molar-refractivity contribution in [3.8, 4) is 0 Å². The van der Waals surface area contributed by atoms with Crippen molar-refractivity contribution in [2.45, 2.75) is 36.6 Å². The van der Waals surface area contributed by atoms with Gasteiger partial charge in [0, 0.05) is 13.1 Å². The van der Waals surface area contributed by atoms with E-state index in [4.69, 9.17) is 5.73 Å². The summed E-state index contributed by atoms with van der Waals surface area (Å²) in [5, 5.41) is 1.24. The van der Waals surface area contributed by atoms with Gasteiger partial charge in [-0.25, -0.2) is 0 Å². The van der Waals surface area contributed by atoms with E-state index >= 15 is 0 Å². The molecule has 0 aromatic carbocycles. The van der Waals surface area contributed by atoms with Crippen molar-refractivity contribution < 1.29 is 0 Å². The fourth-order valence-corrected chi connectivity index (χ4v) is 3.89. The molecule has 2 rings (SSSR count). The molecule has 0 saturated heterocycles. The van der Waals surface area contributed by atoms with E-state index in [1.165, 1.54) is 42.2 Å². The van der Waals surface area contributed by atoms with E-state index in [9.17, 15) is 0 Å². The minimum Gasteiger partial charge on any atom is -0.382 e. The van der Waals surface area contributed by atoms with Crippen LogP contribution in [0.4, 0.5) is 10.8 Å². The molecule has 2 N–H and O–H groups in total. The molecule has 0 amide bonds.